The van der Waals surface area contributed by atoms with E-state index in [2.05, 4.69) is 0 Å². The number of halogens is 6. The van der Waals surface area contributed by atoms with Gasteiger partial charge in [-0.05, 0) is 0 Å². The molecule has 25 heavy (non-hydrogen) atoms. The Kier molecular flexibility index (Phi) is 12.8. The van der Waals surface area contributed by atoms with Crippen molar-refractivity contribution in [2.45, 2.75) is 86.4 Å². The van der Waals surface area contributed by atoms with E-state index in [4.69, 9.17) is 6.15 Å². The van der Waals surface area contributed by atoms with E-state index in [0.29, 0.717) is 13.2 Å². The molecule has 0 N–H and O–H groups in total. The summed E-state index contributed by atoms with van der Waals surface area (Å²) in [6.07, 6.45) is -7.54. The first-order valence-corrected chi connectivity index (χ1v) is 15.3. The van der Waals surface area contributed by atoms with Gasteiger partial charge in [0, 0.05) is 0 Å². The molecule has 0 heterocycles. The van der Waals surface area contributed by atoms with E-state index < -0.39 is 44.4 Å². The van der Waals surface area contributed by atoms with Gasteiger partial charge in [-0.1, -0.05) is 0 Å². The van der Waals surface area contributed by atoms with Crippen molar-refractivity contribution >= 4 is 19.2 Å². The van der Waals surface area contributed by atoms with Gasteiger partial charge in [0.2, 0.25) is 0 Å². The Hall–Kier alpha value is 0.299. The first kappa shape index (κ1) is 25.3. The molecule has 0 aliphatic heterocycles. The Labute approximate surface area is 151 Å². The first-order chi connectivity index (χ1) is 11.5. The van der Waals surface area contributed by atoms with E-state index in [9.17, 15) is 26.3 Å². The van der Waals surface area contributed by atoms with Crippen LogP contribution in [0.5, 0.6) is 0 Å². The molecule has 0 aliphatic carbocycles. The van der Waals surface area contributed by atoms with E-state index in [1.165, 1.54) is 0 Å². The van der Waals surface area contributed by atoms with Crippen LogP contribution in [0.15, 0.2) is 0 Å². The van der Waals surface area contributed by atoms with Crippen LogP contribution >= 0.6 is 0 Å². The molecule has 152 valence electrons. The molecule has 0 atom stereocenters. The van der Waals surface area contributed by atoms with Crippen LogP contribution in [0.3, 0.4) is 0 Å². The van der Waals surface area contributed by atoms with Crippen LogP contribution in [-0.2, 0) is 6.15 Å². The van der Waals surface area contributed by atoms with Gasteiger partial charge in [-0.25, -0.2) is 0 Å². The van der Waals surface area contributed by atoms with Gasteiger partial charge in [0.25, 0.3) is 0 Å². The van der Waals surface area contributed by atoms with Gasteiger partial charge in [0.1, 0.15) is 0 Å². The van der Waals surface area contributed by atoms with Crippen molar-refractivity contribution in [2.75, 3.05) is 13.2 Å². The number of hydrogen-bond acceptors (Lipinski definition) is 2. The molecule has 0 saturated heterocycles. The minimum absolute atomic E-state index is 0.135. The van der Waals surface area contributed by atoms with Gasteiger partial charge in [0.05, 0.1) is 0 Å². The standard InChI is InChI=1S/2C4H6F3.2C4H9O.Sn/c2*1-2-3-4(5,6)7;2*1-2-3-4-5;/h2*1-3H2;2*2-4H2,1H3;/q;;2*-1;+2. The fourth-order valence-corrected chi connectivity index (χ4v) is 12.0. The van der Waals surface area contributed by atoms with Crippen LogP contribution in [0.25, 0.3) is 0 Å². The second-order valence-corrected chi connectivity index (χ2v) is 16.0. The summed E-state index contributed by atoms with van der Waals surface area (Å²) in [5, 5.41) is 0. The summed E-state index contributed by atoms with van der Waals surface area (Å²) in [5.41, 5.74) is 0. The van der Waals surface area contributed by atoms with E-state index in [-0.39, 0.29) is 21.7 Å². The molecule has 9 heteroatoms. The fraction of sp³-hybridized carbons (Fsp3) is 1.00. The minimum atomic E-state index is -4.27. The number of rotatable bonds is 14. The molecule has 0 saturated carbocycles. The van der Waals surface area contributed by atoms with Gasteiger partial charge in [-0.15, -0.1) is 0 Å². The average Bonchev–Trinajstić information content (AvgIpc) is 2.45. The molecule has 0 unspecified atom stereocenters. The average molecular weight is 487 g/mol. The normalized spacial score (nSPS) is 13.4. The van der Waals surface area contributed by atoms with Crippen molar-refractivity contribution in [1.82, 2.24) is 0 Å². The second-order valence-electron chi connectivity index (χ2n) is 6.25. The van der Waals surface area contributed by atoms with Crippen molar-refractivity contribution in [3.05, 3.63) is 0 Å². The Bertz CT molecular complexity index is 302. The SMILES string of the molecule is CCCC[O][Sn]([CH2]CCC(F)(F)F)([CH2]CCC(F)(F)F)[O]CCCC. The zero-order valence-corrected chi connectivity index (χ0v) is 17.9. The summed E-state index contributed by atoms with van der Waals surface area (Å²) in [7, 11) is 0. The maximum atomic E-state index is 12.4. The first-order valence-electron chi connectivity index (χ1n) is 8.95. The van der Waals surface area contributed by atoms with E-state index in [1.54, 1.807) is 0 Å². The fourth-order valence-electron chi connectivity index (χ4n) is 2.38. The van der Waals surface area contributed by atoms with Gasteiger partial charge >= 0.3 is 151 Å². The second kappa shape index (κ2) is 12.6. The maximum absolute atomic E-state index is 12.4. The van der Waals surface area contributed by atoms with Crippen LogP contribution in [-0.4, -0.2) is 44.8 Å². The monoisotopic (exact) mass is 488 g/mol. The molecular weight excluding hydrogens is 457 g/mol. The topological polar surface area (TPSA) is 18.5 Å². The molecule has 0 aromatic heterocycles. The third kappa shape index (κ3) is 15.1. The summed E-state index contributed by atoms with van der Waals surface area (Å²) >= 11 is -3.94. The molecule has 0 bridgehead atoms. The third-order valence-electron chi connectivity index (χ3n) is 3.76. The van der Waals surface area contributed by atoms with Crippen LogP contribution in [0, 0.1) is 0 Å². The van der Waals surface area contributed by atoms with Crippen LogP contribution in [0.2, 0.25) is 8.87 Å². The summed E-state index contributed by atoms with van der Waals surface area (Å²) in [4.78, 5) is 0. The molecule has 0 aliphatic rings. The van der Waals surface area contributed by atoms with E-state index >= 15 is 0 Å². The van der Waals surface area contributed by atoms with Crippen molar-refractivity contribution in [2.24, 2.45) is 0 Å². The van der Waals surface area contributed by atoms with Crippen LogP contribution in [0.4, 0.5) is 26.3 Å². The van der Waals surface area contributed by atoms with E-state index in [1.807, 2.05) is 13.8 Å². The van der Waals surface area contributed by atoms with Crippen molar-refractivity contribution in [1.29, 1.82) is 0 Å². The predicted octanol–water partition coefficient (Wildman–Crippen LogP) is 6.75. The molecule has 0 radical (unpaired) electrons. The number of hydrogen-bond donors (Lipinski definition) is 0. The third-order valence-corrected chi connectivity index (χ3v) is 14.3. The summed E-state index contributed by atoms with van der Waals surface area (Å²) in [6, 6.07) is 0. The Morgan fingerprint density at radius 1 is 0.640 bits per heavy atom. The molecule has 2 nitrogen and oxygen atoms in total. The van der Waals surface area contributed by atoms with Crippen molar-refractivity contribution < 1.29 is 32.5 Å². The summed E-state index contributed by atoms with van der Waals surface area (Å²) in [5.74, 6) is 0. The zero-order chi connectivity index (χ0) is 19.4. The Morgan fingerprint density at radius 3 is 1.28 bits per heavy atom. The number of alkyl halides is 6. The predicted molar refractivity (Wildman–Crippen MR) is 87.7 cm³/mol. The molecule has 0 aromatic rings. The van der Waals surface area contributed by atoms with Gasteiger partial charge in [-0.3, -0.25) is 0 Å². The number of unbranched alkanes of at least 4 members (excludes halogenated alkanes) is 2. The Morgan fingerprint density at radius 2 is 1.00 bits per heavy atom. The molecule has 0 aromatic carbocycles. The molecule has 0 amide bonds. The molecular formula is C16H30F6O2Sn. The molecule has 0 fully saturated rings. The summed E-state index contributed by atoms with van der Waals surface area (Å²) in [6.45, 7) is 4.62. The quantitative estimate of drug-likeness (QED) is 0.154. The van der Waals surface area contributed by atoms with Crippen molar-refractivity contribution in [3.63, 3.8) is 0 Å². The molecule has 0 rings (SSSR count). The van der Waals surface area contributed by atoms with Gasteiger partial charge in [-0.2, -0.15) is 0 Å². The van der Waals surface area contributed by atoms with Crippen molar-refractivity contribution in [3.8, 4) is 0 Å². The molecule has 0 spiro atoms. The van der Waals surface area contributed by atoms with Gasteiger partial charge < -0.3 is 0 Å². The van der Waals surface area contributed by atoms with Crippen LogP contribution < -0.4 is 0 Å². The Balaban J connectivity index is 4.89. The van der Waals surface area contributed by atoms with Gasteiger partial charge in [0.15, 0.2) is 0 Å². The van der Waals surface area contributed by atoms with E-state index in [0.717, 1.165) is 25.7 Å². The zero-order valence-electron chi connectivity index (χ0n) is 15.1. The summed E-state index contributed by atoms with van der Waals surface area (Å²) < 4.78 is 86.8. The van der Waals surface area contributed by atoms with Crippen LogP contribution in [0.1, 0.15) is 65.2 Å².